The predicted octanol–water partition coefficient (Wildman–Crippen LogP) is 2.54. The number of hydrogen-bond acceptors (Lipinski definition) is 4. The summed E-state index contributed by atoms with van der Waals surface area (Å²) in [4.78, 5) is 4.27. The number of aromatic nitrogens is 1. The first-order valence-electron chi connectivity index (χ1n) is 5.21. The van der Waals surface area contributed by atoms with E-state index in [0.717, 1.165) is 23.4 Å². The van der Waals surface area contributed by atoms with E-state index in [4.69, 9.17) is 10.5 Å². The van der Waals surface area contributed by atoms with Crippen LogP contribution in [0.15, 0.2) is 35.2 Å². The number of benzene rings is 1. The molecule has 2 N–H and O–H groups in total. The Labute approximate surface area is 98.9 Å². The third-order valence-corrected chi connectivity index (χ3v) is 2.77. The lowest BCUT2D eigenvalue weighted by Crippen LogP contribution is -2.05. The van der Waals surface area contributed by atoms with Gasteiger partial charge in [0, 0.05) is 10.9 Å². The number of nitrogens with zero attached hydrogens (tertiary/aromatic N) is 1. The highest BCUT2D eigenvalue weighted by atomic mass is 32.1. The molecule has 0 aliphatic rings. The van der Waals surface area contributed by atoms with Crippen LogP contribution in [0, 0.1) is 0 Å². The van der Waals surface area contributed by atoms with Crippen LogP contribution in [0.3, 0.4) is 0 Å². The van der Waals surface area contributed by atoms with Crippen LogP contribution >= 0.6 is 11.3 Å². The first-order chi connectivity index (χ1) is 7.90. The van der Waals surface area contributed by atoms with Gasteiger partial charge in [0.05, 0.1) is 17.8 Å². The molecule has 0 atom stereocenters. The van der Waals surface area contributed by atoms with E-state index >= 15 is 0 Å². The number of hydrogen-bond donors (Lipinski definition) is 1. The quantitative estimate of drug-likeness (QED) is 0.809. The molecule has 16 heavy (non-hydrogen) atoms. The monoisotopic (exact) mass is 234 g/mol. The zero-order valence-electron chi connectivity index (χ0n) is 8.93. The Hall–Kier alpha value is -1.39. The zero-order chi connectivity index (χ0) is 11.2. The Bertz CT molecular complexity index is 428. The first kappa shape index (κ1) is 11.1. The van der Waals surface area contributed by atoms with Gasteiger partial charge in [-0.05, 0) is 25.1 Å². The summed E-state index contributed by atoms with van der Waals surface area (Å²) in [6.45, 7) is 1.32. The van der Waals surface area contributed by atoms with E-state index in [9.17, 15) is 0 Å². The Kier molecular flexibility index (Phi) is 3.91. The van der Waals surface area contributed by atoms with Crippen molar-refractivity contribution in [3.05, 3.63) is 35.2 Å². The molecule has 84 valence electrons. The molecule has 0 amide bonds. The molecule has 0 aliphatic carbocycles. The van der Waals surface area contributed by atoms with Crippen molar-refractivity contribution in [1.29, 1.82) is 0 Å². The SMILES string of the molecule is NCCCOc1cccc(-c2cscn2)c1. The summed E-state index contributed by atoms with van der Waals surface area (Å²) in [5.41, 5.74) is 9.33. The van der Waals surface area contributed by atoms with Gasteiger partial charge in [0.1, 0.15) is 5.75 Å². The molecule has 4 heteroatoms. The molecule has 0 saturated carbocycles. The van der Waals surface area contributed by atoms with Crippen molar-refractivity contribution >= 4 is 11.3 Å². The van der Waals surface area contributed by atoms with Crippen LogP contribution in [0.25, 0.3) is 11.3 Å². The molecular weight excluding hydrogens is 220 g/mol. The second-order valence-corrected chi connectivity index (χ2v) is 4.11. The number of nitrogens with two attached hydrogens (primary N) is 1. The van der Waals surface area contributed by atoms with E-state index in [1.165, 1.54) is 0 Å². The van der Waals surface area contributed by atoms with Crippen molar-refractivity contribution in [3.8, 4) is 17.0 Å². The Morgan fingerprint density at radius 2 is 2.31 bits per heavy atom. The van der Waals surface area contributed by atoms with Crippen LogP contribution in [-0.2, 0) is 0 Å². The standard InChI is InChI=1S/C12H14N2OS/c13-5-2-6-15-11-4-1-3-10(7-11)12-8-16-9-14-12/h1,3-4,7-9H,2,5-6,13H2. The number of thiazole rings is 1. The molecule has 0 unspecified atom stereocenters. The smallest absolute Gasteiger partial charge is 0.119 e. The van der Waals surface area contributed by atoms with Crippen molar-refractivity contribution in [2.75, 3.05) is 13.2 Å². The minimum atomic E-state index is 0.659. The summed E-state index contributed by atoms with van der Waals surface area (Å²) in [5.74, 6) is 0.874. The van der Waals surface area contributed by atoms with Crippen LogP contribution in [0.4, 0.5) is 0 Å². The number of ether oxygens (including phenoxy) is 1. The normalized spacial score (nSPS) is 10.3. The van der Waals surface area contributed by atoms with E-state index in [1.54, 1.807) is 11.3 Å². The Balaban J connectivity index is 2.08. The average molecular weight is 234 g/mol. The van der Waals surface area contributed by atoms with Gasteiger partial charge >= 0.3 is 0 Å². The molecule has 1 aromatic heterocycles. The van der Waals surface area contributed by atoms with Crippen LogP contribution in [0.5, 0.6) is 5.75 Å². The van der Waals surface area contributed by atoms with Crippen molar-refractivity contribution in [2.45, 2.75) is 6.42 Å². The summed E-state index contributed by atoms with van der Waals surface area (Å²) in [6, 6.07) is 7.97. The Morgan fingerprint density at radius 3 is 3.06 bits per heavy atom. The highest BCUT2D eigenvalue weighted by molar-refractivity contribution is 7.07. The van der Waals surface area contributed by atoms with Crippen LogP contribution in [0.1, 0.15) is 6.42 Å². The van der Waals surface area contributed by atoms with Crippen LogP contribution < -0.4 is 10.5 Å². The molecule has 1 aromatic carbocycles. The summed E-state index contributed by atoms with van der Waals surface area (Å²) < 4.78 is 5.58. The van der Waals surface area contributed by atoms with Gasteiger partial charge in [-0.3, -0.25) is 0 Å². The number of rotatable bonds is 5. The van der Waals surface area contributed by atoms with Gasteiger partial charge in [-0.25, -0.2) is 4.98 Å². The second kappa shape index (κ2) is 5.63. The lowest BCUT2D eigenvalue weighted by atomic mass is 10.2. The fourth-order valence-corrected chi connectivity index (χ4v) is 1.93. The summed E-state index contributed by atoms with van der Waals surface area (Å²) >= 11 is 1.59. The molecule has 0 radical (unpaired) electrons. The van der Waals surface area contributed by atoms with Gasteiger partial charge in [-0.2, -0.15) is 0 Å². The molecule has 0 saturated heterocycles. The molecular formula is C12H14N2OS. The third-order valence-electron chi connectivity index (χ3n) is 2.18. The molecule has 2 aromatic rings. The van der Waals surface area contributed by atoms with Crippen LogP contribution in [0.2, 0.25) is 0 Å². The summed E-state index contributed by atoms with van der Waals surface area (Å²) in [5, 5.41) is 2.03. The van der Waals surface area contributed by atoms with E-state index in [1.807, 2.05) is 35.2 Å². The molecule has 1 heterocycles. The van der Waals surface area contributed by atoms with Crippen molar-refractivity contribution in [1.82, 2.24) is 4.98 Å². The average Bonchev–Trinajstić information content (AvgIpc) is 2.83. The topological polar surface area (TPSA) is 48.1 Å². The molecule has 0 spiro atoms. The van der Waals surface area contributed by atoms with Gasteiger partial charge in [0.25, 0.3) is 0 Å². The minimum Gasteiger partial charge on any atom is -0.494 e. The Morgan fingerprint density at radius 1 is 1.38 bits per heavy atom. The summed E-state index contributed by atoms with van der Waals surface area (Å²) in [6.07, 6.45) is 0.876. The van der Waals surface area contributed by atoms with Crippen molar-refractivity contribution in [2.24, 2.45) is 5.73 Å². The minimum absolute atomic E-state index is 0.659. The predicted molar refractivity (Wildman–Crippen MR) is 66.7 cm³/mol. The van der Waals surface area contributed by atoms with Gasteiger partial charge in [-0.15, -0.1) is 11.3 Å². The largest absolute Gasteiger partial charge is 0.494 e. The zero-order valence-corrected chi connectivity index (χ0v) is 9.74. The summed E-state index contributed by atoms with van der Waals surface area (Å²) in [7, 11) is 0. The second-order valence-electron chi connectivity index (χ2n) is 3.39. The molecule has 0 aliphatic heterocycles. The molecule has 3 nitrogen and oxygen atoms in total. The lowest BCUT2D eigenvalue weighted by Gasteiger charge is -2.06. The van der Waals surface area contributed by atoms with E-state index < -0.39 is 0 Å². The van der Waals surface area contributed by atoms with Gasteiger partial charge in [0.2, 0.25) is 0 Å². The van der Waals surface area contributed by atoms with Gasteiger partial charge < -0.3 is 10.5 Å². The highest BCUT2D eigenvalue weighted by Gasteiger charge is 2.01. The van der Waals surface area contributed by atoms with E-state index in [0.29, 0.717) is 13.2 Å². The maximum atomic E-state index is 5.58. The fourth-order valence-electron chi connectivity index (χ4n) is 1.37. The highest BCUT2D eigenvalue weighted by Crippen LogP contribution is 2.23. The van der Waals surface area contributed by atoms with Gasteiger partial charge in [0.15, 0.2) is 0 Å². The van der Waals surface area contributed by atoms with Crippen LogP contribution in [-0.4, -0.2) is 18.1 Å². The maximum absolute atomic E-state index is 5.58. The van der Waals surface area contributed by atoms with E-state index in [2.05, 4.69) is 4.98 Å². The fraction of sp³-hybridized carbons (Fsp3) is 0.250. The van der Waals surface area contributed by atoms with Crippen molar-refractivity contribution in [3.63, 3.8) is 0 Å². The first-order valence-corrected chi connectivity index (χ1v) is 6.16. The maximum Gasteiger partial charge on any atom is 0.119 e. The van der Waals surface area contributed by atoms with Crippen molar-refractivity contribution < 1.29 is 4.74 Å². The third kappa shape index (κ3) is 2.81. The van der Waals surface area contributed by atoms with Gasteiger partial charge in [-0.1, -0.05) is 12.1 Å². The lowest BCUT2D eigenvalue weighted by molar-refractivity contribution is 0.313. The molecule has 2 rings (SSSR count). The molecule has 0 fully saturated rings. The molecule has 0 bridgehead atoms. The van der Waals surface area contributed by atoms with E-state index in [-0.39, 0.29) is 0 Å².